The van der Waals surface area contributed by atoms with E-state index in [0.717, 1.165) is 5.52 Å². The van der Waals surface area contributed by atoms with Gasteiger partial charge in [-0.1, -0.05) is 0 Å². The number of pyridine rings is 1. The van der Waals surface area contributed by atoms with Crippen LogP contribution in [0.4, 0.5) is 10.1 Å². The summed E-state index contributed by atoms with van der Waals surface area (Å²) in [7, 11) is 1.52. The third kappa shape index (κ3) is 2.78. The van der Waals surface area contributed by atoms with Crippen molar-refractivity contribution in [3.63, 3.8) is 0 Å². The number of nitrogens with zero attached hydrogens (tertiary/aromatic N) is 2. The number of hydrogen-bond acceptors (Lipinski definition) is 4. The topological polar surface area (TPSA) is 72.8 Å². The smallest absolute Gasteiger partial charge is 0.160 e. The Kier molecular flexibility index (Phi) is 3.36. The van der Waals surface area contributed by atoms with E-state index in [-0.39, 0.29) is 6.42 Å². The van der Waals surface area contributed by atoms with Gasteiger partial charge in [0.2, 0.25) is 0 Å². The molecule has 0 bridgehead atoms. The highest BCUT2D eigenvalue weighted by Crippen LogP contribution is 2.24. The second-order valence-electron chi connectivity index (χ2n) is 5.13. The Balaban J connectivity index is 2.32. The minimum atomic E-state index is -1.38. The first-order valence-electron chi connectivity index (χ1n) is 5.99. The third-order valence-corrected chi connectivity index (χ3v) is 3.02. The van der Waals surface area contributed by atoms with Crippen molar-refractivity contribution in [2.45, 2.75) is 32.0 Å². The summed E-state index contributed by atoms with van der Waals surface area (Å²) in [4.78, 5) is 0. The number of methoxy groups -OCH3 is 1. The van der Waals surface area contributed by atoms with Crippen LogP contribution in [-0.4, -0.2) is 33.6 Å². The zero-order valence-corrected chi connectivity index (χ0v) is 11.2. The molecule has 0 aliphatic rings. The van der Waals surface area contributed by atoms with E-state index in [1.165, 1.54) is 21.0 Å². The molecule has 0 saturated heterocycles. The molecule has 6 heteroatoms. The van der Waals surface area contributed by atoms with Crippen molar-refractivity contribution in [3.8, 4) is 5.75 Å². The Morgan fingerprint density at radius 2 is 2.21 bits per heavy atom. The number of anilines is 1. The number of fused-ring (bicyclic) bond motifs is 1. The SMILES string of the molecule is COc1cn2nc(CC(F)C(C)(C)O)cc2cc1N. The van der Waals surface area contributed by atoms with Crippen LogP contribution >= 0.6 is 0 Å². The number of nitrogens with two attached hydrogens (primary N) is 1. The van der Waals surface area contributed by atoms with Gasteiger partial charge in [0, 0.05) is 6.42 Å². The molecule has 2 aromatic rings. The Hall–Kier alpha value is -1.82. The van der Waals surface area contributed by atoms with Crippen molar-refractivity contribution in [1.82, 2.24) is 9.61 Å². The number of nitrogen functional groups attached to an aromatic ring is 1. The summed E-state index contributed by atoms with van der Waals surface area (Å²) in [6.07, 6.45) is 0.315. The highest BCUT2D eigenvalue weighted by Gasteiger charge is 2.27. The highest BCUT2D eigenvalue weighted by molar-refractivity contribution is 5.63. The second kappa shape index (κ2) is 4.70. The normalized spacial score (nSPS) is 13.7. The standard InChI is InChI=1S/C13H18FN3O2/c1-13(2,18)12(14)5-8-4-9-6-10(15)11(19-3)7-17(9)16-8/h4,6-7,12,18H,5,15H2,1-3H3. The predicted molar refractivity (Wildman–Crippen MR) is 71.1 cm³/mol. The lowest BCUT2D eigenvalue weighted by molar-refractivity contribution is -0.00301. The molecule has 5 nitrogen and oxygen atoms in total. The van der Waals surface area contributed by atoms with Crippen molar-refractivity contribution >= 4 is 11.2 Å². The lowest BCUT2D eigenvalue weighted by Crippen LogP contribution is -2.34. The fraction of sp³-hybridized carbons (Fsp3) is 0.462. The largest absolute Gasteiger partial charge is 0.493 e. The molecule has 0 aliphatic carbocycles. The summed E-state index contributed by atoms with van der Waals surface area (Å²) < 4.78 is 20.5. The molecule has 104 valence electrons. The molecule has 0 amide bonds. The Labute approximate surface area is 110 Å². The van der Waals surface area contributed by atoms with Crippen molar-refractivity contribution in [1.29, 1.82) is 0 Å². The van der Waals surface area contributed by atoms with Crippen LogP contribution in [0.5, 0.6) is 5.75 Å². The first kappa shape index (κ1) is 13.6. The Morgan fingerprint density at radius 1 is 1.53 bits per heavy atom. The minimum absolute atomic E-state index is 0.0490. The fourth-order valence-corrected chi connectivity index (χ4v) is 1.79. The third-order valence-electron chi connectivity index (χ3n) is 3.02. The first-order valence-corrected chi connectivity index (χ1v) is 5.99. The zero-order chi connectivity index (χ0) is 14.2. The number of ether oxygens (including phenoxy) is 1. The molecule has 1 atom stereocenters. The molecule has 0 fully saturated rings. The lowest BCUT2D eigenvalue weighted by Gasteiger charge is -2.21. The van der Waals surface area contributed by atoms with Gasteiger partial charge in [0.25, 0.3) is 0 Å². The molecule has 0 aliphatic heterocycles. The number of rotatable bonds is 4. The molecule has 2 aromatic heterocycles. The van der Waals surface area contributed by atoms with Gasteiger partial charge in [0.1, 0.15) is 6.17 Å². The van der Waals surface area contributed by atoms with Crippen molar-refractivity contribution in [2.75, 3.05) is 12.8 Å². The van der Waals surface area contributed by atoms with Gasteiger partial charge in [0.15, 0.2) is 5.75 Å². The van der Waals surface area contributed by atoms with Gasteiger partial charge in [-0.2, -0.15) is 5.10 Å². The van der Waals surface area contributed by atoms with E-state index in [1.807, 2.05) is 0 Å². The van der Waals surface area contributed by atoms with Crippen LogP contribution < -0.4 is 10.5 Å². The summed E-state index contributed by atoms with van der Waals surface area (Å²) >= 11 is 0. The molecular weight excluding hydrogens is 249 g/mol. The van der Waals surface area contributed by atoms with E-state index in [9.17, 15) is 9.50 Å². The number of aromatic nitrogens is 2. The fourth-order valence-electron chi connectivity index (χ4n) is 1.79. The van der Waals surface area contributed by atoms with Crippen molar-refractivity contribution < 1.29 is 14.2 Å². The number of halogens is 1. The number of aliphatic hydroxyl groups is 1. The molecule has 0 saturated carbocycles. The van der Waals surface area contributed by atoms with E-state index in [0.29, 0.717) is 17.1 Å². The number of hydrogen-bond donors (Lipinski definition) is 2. The maximum absolute atomic E-state index is 13.8. The van der Waals surface area contributed by atoms with E-state index in [1.54, 1.807) is 22.8 Å². The van der Waals surface area contributed by atoms with Crippen LogP contribution in [-0.2, 0) is 6.42 Å². The molecule has 2 rings (SSSR count). The van der Waals surface area contributed by atoms with Gasteiger partial charge in [-0.25, -0.2) is 8.91 Å². The van der Waals surface area contributed by atoms with E-state index >= 15 is 0 Å². The molecule has 19 heavy (non-hydrogen) atoms. The van der Waals surface area contributed by atoms with Gasteiger partial charge >= 0.3 is 0 Å². The quantitative estimate of drug-likeness (QED) is 0.882. The van der Waals surface area contributed by atoms with Gasteiger partial charge in [0.05, 0.1) is 35.8 Å². The van der Waals surface area contributed by atoms with E-state index in [2.05, 4.69) is 5.10 Å². The second-order valence-corrected chi connectivity index (χ2v) is 5.13. The summed E-state index contributed by atoms with van der Waals surface area (Å²) in [5.41, 5.74) is 6.23. The van der Waals surface area contributed by atoms with Crippen LogP contribution in [0.3, 0.4) is 0 Å². The average Bonchev–Trinajstić information content (AvgIpc) is 2.67. The molecule has 2 heterocycles. The van der Waals surface area contributed by atoms with Gasteiger partial charge < -0.3 is 15.6 Å². The van der Waals surface area contributed by atoms with Crippen molar-refractivity contribution in [2.24, 2.45) is 0 Å². The van der Waals surface area contributed by atoms with Crippen LogP contribution in [0.2, 0.25) is 0 Å². The van der Waals surface area contributed by atoms with Gasteiger partial charge in [-0.3, -0.25) is 0 Å². The summed E-state index contributed by atoms with van der Waals surface area (Å²) in [6.45, 7) is 2.88. The summed E-state index contributed by atoms with van der Waals surface area (Å²) in [5, 5.41) is 13.8. The molecule has 0 aromatic carbocycles. The molecule has 1 unspecified atom stereocenters. The molecular formula is C13H18FN3O2. The summed E-state index contributed by atoms with van der Waals surface area (Å²) in [6, 6.07) is 3.46. The molecule has 3 N–H and O–H groups in total. The molecule has 0 spiro atoms. The highest BCUT2D eigenvalue weighted by atomic mass is 19.1. The lowest BCUT2D eigenvalue weighted by atomic mass is 9.99. The Morgan fingerprint density at radius 3 is 2.79 bits per heavy atom. The van der Waals surface area contributed by atoms with Gasteiger partial charge in [-0.05, 0) is 26.0 Å². The number of alkyl halides is 1. The minimum Gasteiger partial charge on any atom is -0.493 e. The predicted octanol–water partition coefficient (Wildman–Crippen LogP) is 1.58. The van der Waals surface area contributed by atoms with E-state index in [4.69, 9.17) is 10.5 Å². The van der Waals surface area contributed by atoms with Gasteiger partial charge in [-0.15, -0.1) is 0 Å². The Bertz CT molecular complexity index is 589. The molecule has 0 radical (unpaired) electrons. The van der Waals surface area contributed by atoms with Crippen LogP contribution in [0, 0.1) is 0 Å². The average molecular weight is 267 g/mol. The monoisotopic (exact) mass is 267 g/mol. The van der Waals surface area contributed by atoms with Crippen LogP contribution in [0.15, 0.2) is 18.3 Å². The van der Waals surface area contributed by atoms with Crippen LogP contribution in [0.1, 0.15) is 19.5 Å². The first-order chi connectivity index (χ1) is 8.81. The zero-order valence-electron chi connectivity index (χ0n) is 11.2. The van der Waals surface area contributed by atoms with Crippen LogP contribution in [0.25, 0.3) is 5.52 Å². The maximum atomic E-state index is 13.8. The summed E-state index contributed by atoms with van der Waals surface area (Å²) in [5.74, 6) is 0.515. The van der Waals surface area contributed by atoms with E-state index < -0.39 is 11.8 Å². The van der Waals surface area contributed by atoms with Crippen molar-refractivity contribution in [3.05, 3.63) is 24.0 Å². The maximum Gasteiger partial charge on any atom is 0.160 e.